The molecule has 1 fully saturated rings. The van der Waals surface area contributed by atoms with Gasteiger partial charge in [-0.25, -0.2) is 4.39 Å². The first kappa shape index (κ1) is 14.2. The molecule has 21 heavy (non-hydrogen) atoms. The quantitative estimate of drug-likeness (QED) is 0.928. The number of hydrogen-bond acceptors (Lipinski definition) is 2. The van der Waals surface area contributed by atoms with E-state index in [2.05, 4.69) is 34.5 Å². The number of rotatable bonds is 4. The minimum Gasteiger partial charge on any atom is -0.308 e. The van der Waals surface area contributed by atoms with Gasteiger partial charge in [0.2, 0.25) is 0 Å². The maximum absolute atomic E-state index is 13.2. The van der Waals surface area contributed by atoms with E-state index >= 15 is 0 Å². The number of nitrogens with zero attached hydrogens (tertiary/aromatic N) is 1. The minimum absolute atomic E-state index is 0.144. The van der Waals surface area contributed by atoms with Gasteiger partial charge in [0, 0.05) is 32.2 Å². The first-order chi connectivity index (χ1) is 10.3. The zero-order valence-electron chi connectivity index (χ0n) is 12.1. The molecule has 3 heteroatoms. The van der Waals surface area contributed by atoms with Gasteiger partial charge in [-0.15, -0.1) is 0 Å². The normalized spacial score (nSPS) is 19.6. The Morgan fingerprint density at radius 2 is 1.95 bits per heavy atom. The standard InChI is InChI=1S/C18H21FN2/c19-17-8-4-5-15(13-17)9-11-21-12-10-20-18(14-21)16-6-2-1-3-7-16/h1-8,13,18,20H,9-12,14H2. The molecule has 0 bridgehead atoms. The van der Waals surface area contributed by atoms with Crippen LogP contribution in [-0.2, 0) is 6.42 Å². The van der Waals surface area contributed by atoms with Crippen molar-refractivity contribution in [3.8, 4) is 0 Å². The van der Waals surface area contributed by atoms with Crippen molar-refractivity contribution < 1.29 is 4.39 Å². The fourth-order valence-corrected chi connectivity index (χ4v) is 2.90. The highest BCUT2D eigenvalue weighted by Crippen LogP contribution is 2.17. The zero-order valence-corrected chi connectivity index (χ0v) is 12.1. The molecule has 1 atom stereocenters. The SMILES string of the molecule is Fc1cccc(CCN2CCNC(c3ccccc3)C2)c1. The molecule has 1 aliphatic rings. The predicted octanol–water partition coefficient (Wildman–Crippen LogP) is 3.01. The van der Waals surface area contributed by atoms with Crippen LogP contribution in [0.1, 0.15) is 17.2 Å². The third kappa shape index (κ3) is 3.90. The third-order valence-electron chi connectivity index (χ3n) is 4.07. The molecule has 0 amide bonds. The van der Waals surface area contributed by atoms with Crippen LogP contribution < -0.4 is 5.32 Å². The first-order valence-corrected chi connectivity index (χ1v) is 7.56. The Balaban J connectivity index is 1.57. The van der Waals surface area contributed by atoms with Crippen molar-refractivity contribution in [2.75, 3.05) is 26.2 Å². The number of halogens is 1. The molecule has 1 unspecified atom stereocenters. The molecule has 2 nitrogen and oxygen atoms in total. The van der Waals surface area contributed by atoms with Gasteiger partial charge in [-0.1, -0.05) is 42.5 Å². The Kier molecular flexibility index (Phi) is 4.63. The van der Waals surface area contributed by atoms with Gasteiger partial charge in [-0.3, -0.25) is 4.90 Å². The highest BCUT2D eigenvalue weighted by molar-refractivity contribution is 5.20. The van der Waals surface area contributed by atoms with Crippen LogP contribution in [0, 0.1) is 5.82 Å². The van der Waals surface area contributed by atoms with Gasteiger partial charge in [0.25, 0.3) is 0 Å². The summed E-state index contributed by atoms with van der Waals surface area (Å²) in [6.07, 6.45) is 0.902. The summed E-state index contributed by atoms with van der Waals surface area (Å²) >= 11 is 0. The second-order valence-corrected chi connectivity index (χ2v) is 5.60. The van der Waals surface area contributed by atoms with E-state index in [4.69, 9.17) is 0 Å². The van der Waals surface area contributed by atoms with Crippen molar-refractivity contribution in [1.82, 2.24) is 10.2 Å². The number of benzene rings is 2. The topological polar surface area (TPSA) is 15.3 Å². The van der Waals surface area contributed by atoms with E-state index in [1.807, 2.05) is 12.1 Å². The lowest BCUT2D eigenvalue weighted by Crippen LogP contribution is -2.46. The van der Waals surface area contributed by atoms with Crippen LogP contribution in [0.5, 0.6) is 0 Å². The van der Waals surface area contributed by atoms with Gasteiger partial charge >= 0.3 is 0 Å². The molecule has 110 valence electrons. The van der Waals surface area contributed by atoms with E-state index in [0.29, 0.717) is 6.04 Å². The average molecular weight is 284 g/mol. The maximum Gasteiger partial charge on any atom is 0.123 e. The number of piperazine rings is 1. The van der Waals surface area contributed by atoms with Crippen LogP contribution in [-0.4, -0.2) is 31.1 Å². The Hall–Kier alpha value is -1.71. The monoisotopic (exact) mass is 284 g/mol. The van der Waals surface area contributed by atoms with Gasteiger partial charge < -0.3 is 5.32 Å². The van der Waals surface area contributed by atoms with Crippen LogP contribution in [0.25, 0.3) is 0 Å². The van der Waals surface area contributed by atoms with Gasteiger partial charge in [0.05, 0.1) is 0 Å². The molecule has 1 heterocycles. The molecule has 0 spiro atoms. The Morgan fingerprint density at radius 3 is 2.76 bits per heavy atom. The zero-order chi connectivity index (χ0) is 14.5. The van der Waals surface area contributed by atoms with E-state index < -0.39 is 0 Å². The summed E-state index contributed by atoms with van der Waals surface area (Å²) < 4.78 is 13.2. The lowest BCUT2D eigenvalue weighted by atomic mass is 10.0. The van der Waals surface area contributed by atoms with Gasteiger partial charge in [0.1, 0.15) is 5.82 Å². The van der Waals surface area contributed by atoms with Crippen LogP contribution in [0.4, 0.5) is 4.39 Å². The smallest absolute Gasteiger partial charge is 0.123 e. The van der Waals surface area contributed by atoms with E-state index in [1.54, 1.807) is 12.1 Å². The van der Waals surface area contributed by atoms with E-state index in [1.165, 1.54) is 11.6 Å². The maximum atomic E-state index is 13.2. The van der Waals surface area contributed by atoms with Crippen molar-refractivity contribution in [3.63, 3.8) is 0 Å². The number of hydrogen-bond donors (Lipinski definition) is 1. The highest BCUT2D eigenvalue weighted by Gasteiger charge is 2.20. The van der Waals surface area contributed by atoms with Crippen LogP contribution in [0.3, 0.4) is 0 Å². The molecule has 2 aromatic rings. The molecule has 2 aromatic carbocycles. The van der Waals surface area contributed by atoms with Gasteiger partial charge in [0.15, 0.2) is 0 Å². The minimum atomic E-state index is -0.144. The molecule has 0 radical (unpaired) electrons. The number of nitrogens with one attached hydrogen (secondary N) is 1. The fourth-order valence-electron chi connectivity index (χ4n) is 2.90. The van der Waals surface area contributed by atoms with E-state index in [9.17, 15) is 4.39 Å². The summed E-state index contributed by atoms with van der Waals surface area (Å²) in [7, 11) is 0. The van der Waals surface area contributed by atoms with Crippen molar-refractivity contribution in [2.24, 2.45) is 0 Å². The second-order valence-electron chi connectivity index (χ2n) is 5.60. The summed E-state index contributed by atoms with van der Waals surface area (Å²) in [5, 5.41) is 3.57. The van der Waals surface area contributed by atoms with E-state index in [0.717, 1.165) is 38.2 Å². The molecule has 1 saturated heterocycles. The van der Waals surface area contributed by atoms with Crippen LogP contribution in [0.2, 0.25) is 0 Å². The highest BCUT2D eigenvalue weighted by atomic mass is 19.1. The molecular formula is C18H21FN2. The van der Waals surface area contributed by atoms with Crippen LogP contribution in [0.15, 0.2) is 54.6 Å². The molecule has 0 saturated carbocycles. The predicted molar refractivity (Wildman–Crippen MR) is 83.7 cm³/mol. The largest absolute Gasteiger partial charge is 0.308 e. The Morgan fingerprint density at radius 1 is 1.10 bits per heavy atom. The summed E-state index contributed by atoms with van der Waals surface area (Å²) in [5.41, 5.74) is 2.41. The van der Waals surface area contributed by atoms with Crippen molar-refractivity contribution in [2.45, 2.75) is 12.5 Å². The Labute approximate surface area is 125 Å². The summed E-state index contributed by atoms with van der Waals surface area (Å²) in [6.45, 7) is 4.05. The van der Waals surface area contributed by atoms with Crippen molar-refractivity contribution in [3.05, 3.63) is 71.5 Å². The average Bonchev–Trinajstić information content (AvgIpc) is 2.54. The van der Waals surface area contributed by atoms with Crippen LogP contribution >= 0.6 is 0 Å². The molecule has 0 aliphatic carbocycles. The molecule has 1 aliphatic heterocycles. The molecule has 3 rings (SSSR count). The summed E-state index contributed by atoms with van der Waals surface area (Å²) in [6, 6.07) is 17.9. The van der Waals surface area contributed by atoms with E-state index in [-0.39, 0.29) is 5.82 Å². The van der Waals surface area contributed by atoms with Gasteiger partial charge in [-0.2, -0.15) is 0 Å². The third-order valence-corrected chi connectivity index (χ3v) is 4.07. The molecule has 0 aromatic heterocycles. The molecule has 1 N–H and O–H groups in total. The Bertz CT molecular complexity index is 570. The van der Waals surface area contributed by atoms with Gasteiger partial charge in [-0.05, 0) is 29.7 Å². The summed E-state index contributed by atoms with van der Waals surface area (Å²) in [5.74, 6) is -0.144. The fraction of sp³-hybridized carbons (Fsp3) is 0.333. The second kappa shape index (κ2) is 6.83. The molecular weight excluding hydrogens is 263 g/mol. The van der Waals surface area contributed by atoms with Crippen molar-refractivity contribution >= 4 is 0 Å². The first-order valence-electron chi connectivity index (χ1n) is 7.56. The summed E-state index contributed by atoms with van der Waals surface area (Å²) in [4.78, 5) is 2.46. The van der Waals surface area contributed by atoms with Crippen molar-refractivity contribution in [1.29, 1.82) is 0 Å². The lowest BCUT2D eigenvalue weighted by molar-refractivity contribution is 0.203. The lowest BCUT2D eigenvalue weighted by Gasteiger charge is -2.34.